The minimum absolute atomic E-state index is 0.119. The molecule has 0 aliphatic carbocycles. The van der Waals surface area contributed by atoms with Crippen LogP contribution in [0.4, 0.5) is 11.4 Å². The first-order valence-electron chi connectivity index (χ1n) is 10.3. The maximum absolute atomic E-state index is 12.6. The Bertz CT molecular complexity index is 873. The molecular weight excluding hydrogens is 364 g/mol. The minimum atomic E-state index is -0.263. The molecule has 1 fully saturated rings. The molecule has 0 radical (unpaired) electrons. The Hall–Kier alpha value is -2.86. The van der Waals surface area contributed by atoms with Crippen LogP contribution in [0, 0.1) is 0 Å². The Morgan fingerprint density at radius 1 is 0.897 bits per heavy atom. The van der Waals surface area contributed by atoms with Crippen molar-refractivity contribution in [3.05, 3.63) is 59.7 Å². The predicted molar refractivity (Wildman–Crippen MR) is 115 cm³/mol. The number of likely N-dealkylation sites (N-methyl/N-ethyl adjacent to an activating group) is 1. The van der Waals surface area contributed by atoms with E-state index in [-0.39, 0.29) is 18.2 Å². The van der Waals surface area contributed by atoms with Crippen molar-refractivity contribution in [2.24, 2.45) is 0 Å². The summed E-state index contributed by atoms with van der Waals surface area (Å²) in [6.07, 6.45) is 0.722. The van der Waals surface area contributed by atoms with E-state index in [0.29, 0.717) is 13.1 Å². The number of hydrogen-bond donors (Lipinski definition) is 1. The number of benzene rings is 2. The molecule has 2 aromatic carbocycles. The predicted octanol–water partition coefficient (Wildman–Crippen LogP) is 2.35. The van der Waals surface area contributed by atoms with Crippen molar-refractivity contribution in [1.82, 2.24) is 9.80 Å². The molecule has 29 heavy (non-hydrogen) atoms. The average Bonchev–Trinajstić information content (AvgIpc) is 2.74. The maximum atomic E-state index is 12.6. The van der Waals surface area contributed by atoms with Gasteiger partial charge in [0, 0.05) is 50.6 Å². The molecule has 152 valence electrons. The highest BCUT2D eigenvalue weighted by Gasteiger charge is 2.22. The van der Waals surface area contributed by atoms with Gasteiger partial charge in [0.2, 0.25) is 11.8 Å². The van der Waals surface area contributed by atoms with Crippen molar-refractivity contribution in [1.29, 1.82) is 0 Å². The highest BCUT2D eigenvalue weighted by atomic mass is 16.2. The zero-order valence-corrected chi connectivity index (χ0v) is 16.9. The van der Waals surface area contributed by atoms with Crippen LogP contribution in [0.3, 0.4) is 0 Å². The number of rotatable bonds is 4. The fourth-order valence-electron chi connectivity index (χ4n) is 3.98. The van der Waals surface area contributed by atoms with E-state index in [4.69, 9.17) is 0 Å². The van der Waals surface area contributed by atoms with Gasteiger partial charge in [-0.15, -0.1) is 0 Å². The summed E-state index contributed by atoms with van der Waals surface area (Å²) < 4.78 is 0. The number of carbonyl (C=O) groups excluding carboxylic acids is 2. The maximum Gasteiger partial charge on any atom is 0.233 e. The van der Waals surface area contributed by atoms with Crippen LogP contribution in [-0.4, -0.2) is 61.4 Å². The number of nitrogens with zero attached hydrogens (tertiary/aromatic N) is 3. The van der Waals surface area contributed by atoms with Gasteiger partial charge < -0.3 is 20.0 Å². The number of carbonyl (C=O) groups is 2. The fraction of sp³-hybridized carbons (Fsp3) is 0.391. The van der Waals surface area contributed by atoms with Gasteiger partial charge in [0.25, 0.3) is 0 Å². The van der Waals surface area contributed by atoms with Gasteiger partial charge in [-0.2, -0.15) is 0 Å². The average molecular weight is 393 g/mol. The van der Waals surface area contributed by atoms with Crippen LogP contribution in [0.15, 0.2) is 48.5 Å². The van der Waals surface area contributed by atoms with Gasteiger partial charge in [-0.05, 0) is 48.9 Å². The van der Waals surface area contributed by atoms with Crippen molar-refractivity contribution in [2.75, 3.05) is 50.0 Å². The number of piperazine rings is 1. The number of anilines is 2. The zero-order valence-electron chi connectivity index (χ0n) is 16.9. The first-order chi connectivity index (χ1) is 14.1. The molecule has 0 atom stereocenters. The molecule has 1 N–H and O–H groups in total. The highest BCUT2D eigenvalue weighted by molar-refractivity contribution is 6.03. The van der Waals surface area contributed by atoms with E-state index in [2.05, 4.69) is 34.3 Å². The Kier molecular flexibility index (Phi) is 5.81. The van der Waals surface area contributed by atoms with E-state index in [1.54, 1.807) is 4.90 Å². The van der Waals surface area contributed by atoms with Gasteiger partial charge in [-0.3, -0.25) is 9.59 Å². The third-order valence-corrected chi connectivity index (χ3v) is 5.81. The second-order valence-corrected chi connectivity index (χ2v) is 7.90. The largest absolute Gasteiger partial charge is 0.369 e. The quantitative estimate of drug-likeness (QED) is 0.812. The lowest BCUT2D eigenvalue weighted by Crippen LogP contribution is -2.44. The molecule has 2 aliphatic rings. The summed E-state index contributed by atoms with van der Waals surface area (Å²) in [4.78, 5) is 31.4. The molecule has 2 aromatic rings. The Morgan fingerprint density at radius 2 is 1.59 bits per heavy atom. The summed E-state index contributed by atoms with van der Waals surface area (Å²) in [6, 6.07) is 16.1. The summed E-state index contributed by atoms with van der Waals surface area (Å²) in [6.45, 7) is 5.39. The van der Waals surface area contributed by atoms with Crippen molar-refractivity contribution >= 4 is 23.2 Å². The van der Waals surface area contributed by atoms with Crippen molar-refractivity contribution in [3.63, 3.8) is 0 Å². The van der Waals surface area contributed by atoms with Crippen LogP contribution in [0.1, 0.15) is 17.5 Å². The lowest BCUT2D eigenvalue weighted by Gasteiger charge is -2.34. The van der Waals surface area contributed by atoms with Crippen LogP contribution >= 0.6 is 0 Å². The van der Waals surface area contributed by atoms with Gasteiger partial charge in [0.1, 0.15) is 6.42 Å². The lowest BCUT2D eigenvalue weighted by molar-refractivity contribution is -0.135. The third kappa shape index (κ3) is 4.77. The number of amides is 2. The Morgan fingerprint density at radius 3 is 2.31 bits per heavy atom. The minimum Gasteiger partial charge on any atom is -0.369 e. The van der Waals surface area contributed by atoms with Crippen LogP contribution in [0.5, 0.6) is 0 Å². The first-order valence-corrected chi connectivity index (χ1v) is 10.3. The smallest absolute Gasteiger partial charge is 0.233 e. The van der Waals surface area contributed by atoms with E-state index in [1.165, 1.54) is 16.8 Å². The molecule has 0 bridgehead atoms. The van der Waals surface area contributed by atoms with Gasteiger partial charge in [0.05, 0.1) is 0 Å². The summed E-state index contributed by atoms with van der Waals surface area (Å²) in [5, 5.41) is 2.86. The van der Waals surface area contributed by atoms with Crippen molar-refractivity contribution in [2.45, 2.75) is 19.4 Å². The molecule has 4 rings (SSSR count). The third-order valence-electron chi connectivity index (χ3n) is 5.81. The first kappa shape index (κ1) is 19.5. The monoisotopic (exact) mass is 392 g/mol. The van der Waals surface area contributed by atoms with Crippen LogP contribution < -0.4 is 10.2 Å². The summed E-state index contributed by atoms with van der Waals surface area (Å²) in [7, 11) is 2.14. The van der Waals surface area contributed by atoms with E-state index in [9.17, 15) is 9.59 Å². The topological polar surface area (TPSA) is 55.9 Å². The number of fused-ring (bicyclic) bond motifs is 1. The molecule has 2 heterocycles. The fourth-order valence-corrected chi connectivity index (χ4v) is 3.98. The van der Waals surface area contributed by atoms with Gasteiger partial charge in [-0.25, -0.2) is 0 Å². The lowest BCUT2D eigenvalue weighted by atomic mass is 10.00. The molecule has 6 heteroatoms. The van der Waals surface area contributed by atoms with Gasteiger partial charge in [-0.1, -0.05) is 24.3 Å². The highest BCUT2D eigenvalue weighted by Crippen LogP contribution is 2.21. The van der Waals surface area contributed by atoms with E-state index in [0.717, 1.165) is 38.3 Å². The molecule has 0 spiro atoms. The molecule has 2 aliphatic heterocycles. The Balaban J connectivity index is 1.29. The molecule has 0 aromatic heterocycles. The standard InChI is InChI=1S/C23H28N4O2/c1-25-12-14-26(15-13-25)21-8-6-20(7-9-21)24-22(28)16-23(29)27-11-10-18-4-2-3-5-19(18)17-27/h2-9H,10-17H2,1H3,(H,24,28). The number of hydrogen-bond acceptors (Lipinski definition) is 4. The summed E-state index contributed by atoms with van der Waals surface area (Å²) in [5.41, 5.74) is 4.36. The summed E-state index contributed by atoms with van der Waals surface area (Å²) >= 11 is 0. The number of nitrogens with one attached hydrogen (secondary N) is 1. The van der Waals surface area contributed by atoms with Crippen LogP contribution in [-0.2, 0) is 22.6 Å². The van der Waals surface area contributed by atoms with E-state index < -0.39 is 0 Å². The van der Waals surface area contributed by atoms with Gasteiger partial charge in [0.15, 0.2) is 0 Å². The molecule has 0 saturated carbocycles. The van der Waals surface area contributed by atoms with E-state index in [1.807, 2.05) is 36.4 Å². The van der Waals surface area contributed by atoms with Gasteiger partial charge >= 0.3 is 0 Å². The molecule has 2 amide bonds. The SMILES string of the molecule is CN1CCN(c2ccc(NC(=O)CC(=O)N3CCc4ccccc4C3)cc2)CC1. The van der Waals surface area contributed by atoms with E-state index >= 15 is 0 Å². The van der Waals surface area contributed by atoms with Crippen molar-refractivity contribution in [3.8, 4) is 0 Å². The summed E-state index contributed by atoms with van der Waals surface area (Å²) in [5.74, 6) is -0.382. The zero-order chi connectivity index (χ0) is 20.2. The second kappa shape index (κ2) is 8.66. The second-order valence-electron chi connectivity index (χ2n) is 7.90. The Labute approximate surface area is 172 Å². The normalized spacial score (nSPS) is 17.0. The molecular formula is C23H28N4O2. The van der Waals surface area contributed by atoms with Crippen LogP contribution in [0.25, 0.3) is 0 Å². The van der Waals surface area contributed by atoms with Crippen LogP contribution in [0.2, 0.25) is 0 Å². The molecule has 0 unspecified atom stereocenters. The molecule has 1 saturated heterocycles. The molecule has 6 nitrogen and oxygen atoms in total. The van der Waals surface area contributed by atoms with Crippen molar-refractivity contribution < 1.29 is 9.59 Å².